The fourth-order valence-electron chi connectivity index (χ4n) is 5.73. The average molecular weight is 462 g/mol. The summed E-state index contributed by atoms with van der Waals surface area (Å²) in [4.78, 5) is 18.5. The van der Waals surface area contributed by atoms with Gasteiger partial charge in [-0.05, 0) is 68.6 Å². The normalized spacial score (nSPS) is 22.9. The molecule has 6 nitrogen and oxygen atoms in total. The maximum atomic E-state index is 15.4. The Morgan fingerprint density at radius 3 is 2.47 bits per heavy atom. The third-order valence-corrected chi connectivity index (χ3v) is 8.00. The Morgan fingerprint density at radius 2 is 1.79 bits per heavy atom. The first-order valence-corrected chi connectivity index (χ1v) is 12.6. The van der Waals surface area contributed by atoms with Crippen LogP contribution in [0, 0.1) is 6.92 Å². The number of benzene rings is 1. The summed E-state index contributed by atoms with van der Waals surface area (Å²) in [5, 5.41) is 10.9. The van der Waals surface area contributed by atoms with E-state index in [4.69, 9.17) is 4.98 Å². The van der Waals surface area contributed by atoms with Crippen molar-refractivity contribution in [3.8, 4) is 0 Å². The molecule has 0 spiro atoms. The summed E-state index contributed by atoms with van der Waals surface area (Å²) in [6.07, 6.45) is 6.13. The number of aromatic nitrogens is 3. The molecule has 3 aliphatic rings. The van der Waals surface area contributed by atoms with E-state index in [1.54, 1.807) is 6.20 Å². The highest BCUT2D eigenvalue weighted by atomic mass is 19.1. The van der Waals surface area contributed by atoms with Gasteiger partial charge in [0.25, 0.3) is 0 Å². The van der Waals surface area contributed by atoms with Crippen LogP contribution in [0.1, 0.15) is 61.4 Å². The minimum absolute atomic E-state index is 0.313. The number of β-amino-alcohol motifs (C(OH)–C–C–N with tert-alkyl or cyclic N) is 1. The number of fused-ring (bicyclic) bond motifs is 1. The van der Waals surface area contributed by atoms with Crippen LogP contribution in [0.15, 0.2) is 36.5 Å². The van der Waals surface area contributed by atoms with Gasteiger partial charge in [-0.25, -0.2) is 19.3 Å². The van der Waals surface area contributed by atoms with Crippen molar-refractivity contribution in [3.05, 3.63) is 53.5 Å². The zero-order chi connectivity index (χ0) is 23.3. The monoisotopic (exact) mass is 461 g/mol. The number of halogens is 1. The molecule has 0 amide bonds. The highest BCUT2D eigenvalue weighted by Crippen LogP contribution is 2.45. The molecule has 2 aromatic heterocycles. The van der Waals surface area contributed by atoms with E-state index in [-0.39, 0.29) is 6.10 Å². The van der Waals surface area contributed by atoms with Crippen LogP contribution in [-0.2, 0) is 5.67 Å². The second-order valence-electron chi connectivity index (χ2n) is 10.3. The van der Waals surface area contributed by atoms with Crippen LogP contribution in [0.5, 0.6) is 0 Å². The van der Waals surface area contributed by atoms with Crippen molar-refractivity contribution in [2.75, 3.05) is 36.0 Å². The first-order valence-electron chi connectivity index (χ1n) is 12.6. The molecule has 1 atom stereocenters. The van der Waals surface area contributed by atoms with E-state index in [1.165, 1.54) is 11.1 Å². The Morgan fingerprint density at radius 1 is 1.03 bits per heavy atom. The summed E-state index contributed by atoms with van der Waals surface area (Å²) in [6, 6.07) is 10.7. The lowest BCUT2D eigenvalue weighted by Gasteiger charge is -2.36. The van der Waals surface area contributed by atoms with Crippen LogP contribution in [0.4, 0.5) is 16.0 Å². The molecular weight excluding hydrogens is 429 g/mol. The summed E-state index contributed by atoms with van der Waals surface area (Å²) in [6.45, 7) is 5.31. The molecule has 1 saturated carbocycles. The predicted octanol–water partition coefficient (Wildman–Crippen LogP) is 4.64. The van der Waals surface area contributed by atoms with Crippen molar-refractivity contribution >= 4 is 22.5 Å². The van der Waals surface area contributed by atoms with Crippen LogP contribution >= 0.6 is 0 Å². The van der Waals surface area contributed by atoms with Crippen LogP contribution in [-0.4, -0.2) is 52.3 Å². The van der Waals surface area contributed by atoms with Crippen molar-refractivity contribution in [1.82, 2.24) is 15.0 Å². The van der Waals surface area contributed by atoms with Gasteiger partial charge in [-0.15, -0.1) is 0 Å². The minimum atomic E-state index is -1.42. The summed E-state index contributed by atoms with van der Waals surface area (Å²) < 4.78 is 15.4. The SMILES string of the molecule is Cc1ccccc1C1CCN(c2nc(C3(F)CCC3)nc3cnc(N4CC[C@H](O)C4)cc23)CC1. The van der Waals surface area contributed by atoms with Crippen molar-refractivity contribution in [3.63, 3.8) is 0 Å². The Balaban J connectivity index is 1.35. The third-order valence-electron chi connectivity index (χ3n) is 8.00. The fourth-order valence-corrected chi connectivity index (χ4v) is 5.73. The Bertz CT molecular complexity index is 1200. The van der Waals surface area contributed by atoms with E-state index in [9.17, 15) is 5.11 Å². The Kier molecular flexibility index (Phi) is 5.40. The van der Waals surface area contributed by atoms with Gasteiger partial charge in [0, 0.05) is 31.6 Å². The van der Waals surface area contributed by atoms with Crippen LogP contribution in [0.25, 0.3) is 10.9 Å². The molecule has 1 N–H and O–H groups in total. The van der Waals surface area contributed by atoms with Gasteiger partial charge >= 0.3 is 0 Å². The van der Waals surface area contributed by atoms with E-state index in [0.717, 1.165) is 62.3 Å². The van der Waals surface area contributed by atoms with Gasteiger partial charge in [0.15, 0.2) is 11.5 Å². The molecule has 3 fully saturated rings. The Hall–Kier alpha value is -2.80. The second-order valence-corrected chi connectivity index (χ2v) is 10.3. The molecule has 0 bridgehead atoms. The smallest absolute Gasteiger partial charge is 0.170 e. The highest BCUT2D eigenvalue weighted by molar-refractivity contribution is 5.91. The molecule has 7 heteroatoms. The topological polar surface area (TPSA) is 65.4 Å². The average Bonchev–Trinajstić information content (AvgIpc) is 3.28. The molecule has 0 radical (unpaired) electrons. The molecule has 34 heavy (non-hydrogen) atoms. The Labute approximate surface area is 199 Å². The van der Waals surface area contributed by atoms with Crippen LogP contribution < -0.4 is 9.80 Å². The number of alkyl halides is 1. The van der Waals surface area contributed by atoms with Gasteiger partial charge in [0.2, 0.25) is 0 Å². The van der Waals surface area contributed by atoms with Crippen molar-refractivity contribution < 1.29 is 9.50 Å². The minimum Gasteiger partial charge on any atom is -0.391 e. The van der Waals surface area contributed by atoms with E-state index in [0.29, 0.717) is 36.6 Å². The van der Waals surface area contributed by atoms with Gasteiger partial charge in [-0.1, -0.05) is 24.3 Å². The molecule has 2 saturated heterocycles. The summed E-state index contributed by atoms with van der Waals surface area (Å²) >= 11 is 0. The maximum Gasteiger partial charge on any atom is 0.170 e. The predicted molar refractivity (Wildman–Crippen MR) is 132 cm³/mol. The largest absolute Gasteiger partial charge is 0.391 e. The second kappa shape index (κ2) is 8.45. The lowest BCUT2D eigenvalue weighted by atomic mass is 9.81. The number of pyridine rings is 1. The zero-order valence-electron chi connectivity index (χ0n) is 19.8. The van der Waals surface area contributed by atoms with E-state index >= 15 is 4.39 Å². The van der Waals surface area contributed by atoms with Crippen molar-refractivity contribution in [2.24, 2.45) is 0 Å². The summed E-state index contributed by atoms with van der Waals surface area (Å²) in [5.41, 5.74) is 2.07. The van der Waals surface area contributed by atoms with E-state index < -0.39 is 5.67 Å². The number of rotatable bonds is 4. The van der Waals surface area contributed by atoms with Gasteiger partial charge < -0.3 is 14.9 Å². The number of aryl methyl sites for hydroxylation is 1. The number of aliphatic hydroxyl groups is 1. The van der Waals surface area contributed by atoms with Crippen LogP contribution in [0.2, 0.25) is 0 Å². The maximum absolute atomic E-state index is 15.4. The number of piperidine rings is 1. The molecule has 6 rings (SSSR count). The molecule has 1 aliphatic carbocycles. The third kappa shape index (κ3) is 3.80. The first kappa shape index (κ1) is 21.7. The number of hydrogen-bond acceptors (Lipinski definition) is 6. The number of hydrogen-bond donors (Lipinski definition) is 1. The molecule has 1 aromatic carbocycles. The molecule has 2 aliphatic heterocycles. The van der Waals surface area contributed by atoms with Gasteiger partial charge in [0.05, 0.1) is 17.8 Å². The van der Waals surface area contributed by atoms with Crippen molar-refractivity contribution in [1.29, 1.82) is 0 Å². The fraction of sp³-hybridized carbons (Fsp3) is 0.519. The lowest BCUT2D eigenvalue weighted by Crippen LogP contribution is -2.36. The number of anilines is 2. The summed E-state index contributed by atoms with van der Waals surface area (Å²) in [7, 11) is 0. The standard InChI is InChI=1S/C27H32FN5O/c1-18-5-2-3-6-21(18)19-7-12-32(13-8-19)25-22-15-24(33-14-9-20(34)17-33)29-16-23(22)30-26(31-25)27(28)10-4-11-27/h2-3,5-6,15-16,19-20,34H,4,7-14,17H2,1H3/t20-/m0/s1. The highest BCUT2D eigenvalue weighted by Gasteiger charge is 2.42. The molecular formula is C27H32FN5O. The quantitative estimate of drug-likeness (QED) is 0.611. The number of aliphatic hydroxyl groups excluding tert-OH is 1. The van der Waals surface area contributed by atoms with Gasteiger partial charge in [-0.2, -0.15) is 0 Å². The summed E-state index contributed by atoms with van der Waals surface area (Å²) in [5.74, 6) is 2.51. The zero-order valence-corrected chi connectivity index (χ0v) is 19.8. The van der Waals surface area contributed by atoms with Crippen LogP contribution in [0.3, 0.4) is 0 Å². The lowest BCUT2D eigenvalue weighted by molar-refractivity contribution is 0.0512. The first-order chi connectivity index (χ1) is 16.5. The van der Waals surface area contributed by atoms with E-state index in [2.05, 4.69) is 51.0 Å². The molecule has 178 valence electrons. The van der Waals surface area contributed by atoms with E-state index in [1.807, 2.05) is 6.07 Å². The number of nitrogens with zero attached hydrogens (tertiary/aromatic N) is 5. The van der Waals surface area contributed by atoms with Gasteiger partial charge in [-0.3, -0.25) is 0 Å². The van der Waals surface area contributed by atoms with Crippen molar-refractivity contribution in [2.45, 2.75) is 63.1 Å². The molecule has 3 aromatic rings. The molecule has 0 unspecified atom stereocenters. The van der Waals surface area contributed by atoms with Gasteiger partial charge in [0.1, 0.15) is 11.6 Å². The molecule has 4 heterocycles.